The molecular weight excluding hydrogens is 298 g/mol. The van der Waals surface area contributed by atoms with Crippen LogP contribution in [0.4, 0.5) is 0 Å². The summed E-state index contributed by atoms with van der Waals surface area (Å²) in [6.45, 7) is 6.69. The molecule has 0 amide bonds. The van der Waals surface area contributed by atoms with E-state index in [9.17, 15) is 10.4 Å². The Balaban J connectivity index is 1.82. The van der Waals surface area contributed by atoms with Crippen molar-refractivity contribution in [2.24, 2.45) is 34.5 Å². The molecule has 0 saturated heterocycles. The number of rotatable bonds is 4. The van der Waals surface area contributed by atoms with Gasteiger partial charge in [-0.3, -0.25) is 0 Å². The van der Waals surface area contributed by atoms with Crippen molar-refractivity contribution in [2.75, 3.05) is 7.11 Å². The van der Waals surface area contributed by atoms with Crippen molar-refractivity contribution in [3.63, 3.8) is 0 Å². The largest absolute Gasteiger partial charge is 0.391 e. The Labute approximate surface area is 147 Å². The molecule has 136 valence electrons. The van der Waals surface area contributed by atoms with Gasteiger partial charge >= 0.3 is 0 Å². The molecule has 0 radical (unpaired) electrons. The molecule has 1 N–H and O–H groups in total. The topological polar surface area (TPSA) is 53.2 Å². The minimum atomic E-state index is -0.407. The summed E-state index contributed by atoms with van der Waals surface area (Å²) in [7, 11) is 1.73. The second-order valence-electron chi connectivity index (χ2n) is 9.45. The number of nitrogens with zero attached hydrogens (tertiary/aromatic N) is 1. The van der Waals surface area contributed by atoms with E-state index in [1.54, 1.807) is 7.11 Å². The van der Waals surface area contributed by atoms with Crippen LogP contribution in [0.3, 0.4) is 0 Å². The average molecular weight is 334 g/mol. The lowest BCUT2D eigenvalue weighted by Crippen LogP contribution is -2.50. The molecule has 3 heteroatoms. The lowest BCUT2D eigenvalue weighted by atomic mass is 9.48. The Morgan fingerprint density at radius 1 is 1.17 bits per heavy atom. The number of aliphatic hydroxyl groups is 1. The Bertz CT molecular complexity index is 499. The zero-order valence-electron chi connectivity index (χ0n) is 15.9. The Morgan fingerprint density at radius 2 is 1.92 bits per heavy atom. The highest BCUT2D eigenvalue weighted by Crippen LogP contribution is 2.65. The minimum Gasteiger partial charge on any atom is -0.391 e. The predicted molar refractivity (Wildman–Crippen MR) is 95.2 cm³/mol. The van der Waals surface area contributed by atoms with Crippen LogP contribution >= 0.6 is 0 Å². The maximum absolute atomic E-state index is 10.1. The summed E-state index contributed by atoms with van der Waals surface area (Å²) >= 11 is 0. The molecule has 3 rings (SSSR count). The van der Waals surface area contributed by atoms with E-state index in [0.29, 0.717) is 0 Å². The van der Waals surface area contributed by atoms with Crippen LogP contribution in [0.25, 0.3) is 0 Å². The molecule has 3 fully saturated rings. The lowest BCUT2D eigenvalue weighted by Gasteiger charge is -2.56. The van der Waals surface area contributed by atoms with Crippen LogP contribution in [0.2, 0.25) is 0 Å². The van der Waals surface area contributed by atoms with Gasteiger partial charge in [0.15, 0.2) is 0 Å². The molecule has 0 aromatic rings. The van der Waals surface area contributed by atoms with Crippen molar-refractivity contribution in [3.05, 3.63) is 0 Å². The van der Waals surface area contributed by atoms with Gasteiger partial charge in [-0.2, -0.15) is 5.26 Å². The second kappa shape index (κ2) is 6.61. The highest BCUT2D eigenvalue weighted by molar-refractivity contribution is 5.11. The highest BCUT2D eigenvalue weighted by Gasteiger charge is 2.58. The van der Waals surface area contributed by atoms with Gasteiger partial charge in [-0.25, -0.2) is 0 Å². The fourth-order valence-corrected chi connectivity index (χ4v) is 6.86. The molecule has 8 atom stereocenters. The van der Waals surface area contributed by atoms with Crippen molar-refractivity contribution >= 4 is 0 Å². The summed E-state index contributed by atoms with van der Waals surface area (Å²) < 4.78 is 5.61. The highest BCUT2D eigenvalue weighted by atomic mass is 16.5. The van der Waals surface area contributed by atoms with E-state index in [0.717, 1.165) is 30.6 Å². The molecule has 3 nitrogen and oxygen atoms in total. The average Bonchev–Trinajstić information content (AvgIpc) is 2.89. The number of hydrogen-bond donors (Lipinski definition) is 1. The number of hydrogen-bond acceptors (Lipinski definition) is 3. The van der Waals surface area contributed by atoms with Crippen LogP contribution in [0, 0.1) is 45.8 Å². The van der Waals surface area contributed by atoms with E-state index < -0.39 is 6.10 Å². The molecule has 0 bridgehead atoms. The van der Waals surface area contributed by atoms with Gasteiger partial charge in [0, 0.05) is 7.11 Å². The van der Waals surface area contributed by atoms with Crippen molar-refractivity contribution < 1.29 is 9.84 Å². The van der Waals surface area contributed by atoms with Crippen molar-refractivity contribution in [1.29, 1.82) is 5.26 Å². The number of nitriles is 1. The van der Waals surface area contributed by atoms with Gasteiger partial charge in [-0.15, -0.1) is 0 Å². The monoisotopic (exact) mass is 333 g/mol. The van der Waals surface area contributed by atoms with Gasteiger partial charge in [-0.1, -0.05) is 20.3 Å². The Morgan fingerprint density at radius 3 is 2.54 bits per heavy atom. The van der Waals surface area contributed by atoms with E-state index in [1.807, 2.05) is 6.92 Å². The van der Waals surface area contributed by atoms with E-state index in [2.05, 4.69) is 19.9 Å². The van der Waals surface area contributed by atoms with E-state index in [1.165, 1.54) is 38.5 Å². The molecule has 0 heterocycles. The third-order valence-corrected chi connectivity index (χ3v) is 8.28. The summed E-state index contributed by atoms with van der Waals surface area (Å²) in [5.74, 6) is 2.50. The van der Waals surface area contributed by atoms with Crippen LogP contribution in [0.5, 0.6) is 0 Å². The van der Waals surface area contributed by atoms with Crippen molar-refractivity contribution in [3.8, 4) is 6.07 Å². The van der Waals surface area contributed by atoms with Crippen LogP contribution in [0.1, 0.15) is 72.1 Å². The first-order valence-electron chi connectivity index (χ1n) is 9.96. The van der Waals surface area contributed by atoms with E-state index in [4.69, 9.17) is 4.74 Å². The van der Waals surface area contributed by atoms with Crippen LogP contribution < -0.4 is 0 Å². The number of ether oxygens (including phenoxy) is 1. The molecule has 3 aliphatic carbocycles. The quantitative estimate of drug-likeness (QED) is 0.821. The third-order valence-electron chi connectivity index (χ3n) is 8.28. The van der Waals surface area contributed by atoms with E-state index in [-0.39, 0.29) is 22.9 Å². The van der Waals surface area contributed by atoms with E-state index >= 15 is 0 Å². The zero-order valence-corrected chi connectivity index (χ0v) is 15.9. The molecule has 0 aromatic carbocycles. The molecule has 0 aromatic heterocycles. The van der Waals surface area contributed by atoms with Gasteiger partial charge in [-0.05, 0) is 80.5 Å². The molecule has 24 heavy (non-hydrogen) atoms. The molecule has 8 unspecified atom stereocenters. The summed E-state index contributed by atoms with van der Waals surface area (Å²) in [4.78, 5) is 0. The number of fused-ring (bicyclic) bond motifs is 3. The van der Waals surface area contributed by atoms with Gasteiger partial charge in [0.05, 0.1) is 24.2 Å². The molecular formula is C21H35NO2. The lowest BCUT2D eigenvalue weighted by molar-refractivity contribution is -0.0982. The first kappa shape index (κ1) is 18.2. The zero-order chi connectivity index (χ0) is 17.5. The number of aliphatic hydroxyl groups excluding tert-OH is 1. The number of methoxy groups -OCH3 is 1. The Hall–Kier alpha value is -0.590. The first-order chi connectivity index (χ1) is 11.4. The van der Waals surface area contributed by atoms with Crippen LogP contribution in [0.15, 0.2) is 0 Å². The maximum Gasteiger partial charge on any atom is 0.0832 e. The minimum absolute atomic E-state index is 0.0579. The normalized spacial score (nSPS) is 47.3. The summed E-state index contributed by atoms with van der Waals surface area (Å²) in [5.41, 5.74) is 0.520. The molecule has 0 spiro atoms. The predicted octanol–water partition coefficient (Wildman–Crippen LogP) is 4.54. The van der Waals surface area contributed by atoms with Crippen molar-refractivity contribution in [2.45, 2.75) is 84.3 Å². The molecule has 3 aliphatic rings. The smallest absolute Gasteiger partial charge is 0.0832 e. The molecule has 0 aliphatic heterocycles. The van der Waals surface area contributed by atoms with Gasteiger partial charge in [0.1, 0.15) is 0 Å². The first-order valence-corrected chi connectivity index (χ1v) is 9.96. The summed E-state index contributed by atoms with van der Waals surface area (Å²) in [6.07, 6.45) is 9.19. The molecule has 3 saturated carbocycles. The third kappa shape index (κ3) is 2.80. The van der Waals surface area contributed by atoms with Crippen molar-refractivity contribution in [1.82, 2.24) is 0 Å². The van der Waals surface area contributed by atoms with Crippen LogP contribution in [-0.2, 0) is 4.74 Å². The van der Waals surface area contributed by atoms with Gasteiger partial charge < -0.3 is 9.84 Å². The van der Waals surface area contributed by atoms with Gasteiger partial charge in [0.25, 0.3) is 0 Å². The van der Waals surface area contributed by atoms with Crippen LogP contribution in [-0.4, -0.2) is 24.4 Å². The fourth-order valence-electron chi connectivity index (χ4n) is 6.86. The van der Waals surface area contributed by atoms with Gasteiger partial charge in [0.2, 0.25) is 0 Å². The Kier molecular flexibility index (Phi) is 5.02. The fraction of sp³-hybridized carbons (Fsp3) is 0.952. The summed E-state index contributed by atoms with van der Waals surface area (Å²) in [6, 6.07) is 2.62. The SMILES string of the molecule is COC(CC1(C)CCCC2C1CCC1(C)C(C#N)CCC21)C(C)O. The standard InChI is InChI=1S/C21H35NO2/c1-14(23)19(24-4)12-20(2)10-5-6-16-17(20)9-11-21(3)15(13-22)7-8-18(16)21/h14-19,23H,5-12H2,1-4H3. The second-order valence-corrected chi connectivity index (χ2v) is 9.45. The maximum atomic E-state index is 10.1. The summed E-state index contributed by atoms with van der Waals surface area (Å²) in [5, 5.41) is 19.6.